The van der Waals surface area contributed by atoms with E-state index in [0.29, 0.717) is 6.04 Å². The number of guanidine groups is 1. The molecule has 2 rings (SSSR count). The molecular weight excluding hydrogens is 236 g/mol. The van der Waals surface area contributed by atoms with E-state index in [1.54, 1.807) is 0 Å². The van der Waals surface area contributed by atoms with Crippen LogP contribution in [-0.4, -0.2) is 49.6 Å². The summed E-state index contributed by atoms with van der Waals surface area (Å²) in [6.07, 6.45) is 8.03. The fourth-order valence-corrected chi connectivity index (χ4v) is 2.82. The van der Waals surface area contributed by atoms with Crippen LogP contribution < -0.4 is 10.6 Å². The van der Waals surface area contributed by atoms with Gasteiger partial charge in [-0.25, -0.2) is 0 Å². The Morgan fingerprint density at radius 3 is 2.74 bits per heavy atom. The number of aliphatic imine (C=N–C) groups is 1. The van der Waals surface area contributed by atoms with Gasteiger partial charge >= 0.3 is 0 Å². The largest absolute Gasteiger partial charge is 0.357 e. The second-order valence-electron chi connectivity index (χ2n) is 5.55. The molecule has 0 aromatic rings. The molecule has 2 aliphatic rings. The maximum atomic E-state index is 4.77. The maximum Gasteiger partial charge on any atom is 0.191 e. The predicted octanol–water partition coefficient (Wildman–Crippen LogP) is 1.60. The van der Waals surface area contributed by atoms with E-state index in [1.807, 2.05) is 0 Å². The number of rotatable bonds is 5. The van der Waals surface area contributed by atoms with E-state index in [1.165, 1.54) is 26.1 Å². The molecule has 19 heavy (non-hydrogen) atoms. The maximum absolute atomic E-state index is 4.77. The van der Waals surface area contributed by atoms with E-state index in [9.17, 15) is 0 Å². The lowest BCUT2D eigenvalue weighted by Gasteiger charge is -2.17. The average Bonchev–Trinajstić information content (AvgIpc) is 3.07. The van der Waals surface area contributed by atoms with Crippen LogP contribution in [0, 0.1) is 5.92 Å². The first-order valence-corrected chi connectivity index (χ1v) is 7.74. The number of nitrogens with zero attached hydrogens (tertiary/aromatic N) is 2. The normalized spacial score (nSPS) is 25.2. The summed E-state index contributed by atoms with van der Waals surface area (Å²) in [5.74, 6) is 1.73. The summed E-state index contributed by atoms with van der Waals surface area (Å²) in [4.78, 5) is 7.28. The van der Waals surface area contributed by atoms with E-state index in [0.717, 1.165) is 37.8 Å². The van der Waals surface area contributed by atoms with Gasteiger partial charge in [-0.2, -0.15) is 0 Å². The molecule has 0 aromatic carbocycles. The van der Waals surface area contributed by atoms with Gasteiger partial charge in [-0.1, -0.05) is 19.1 Å². The molecule has 1 heterocycles. The molecule has 108 valence electrons. The van der Waals surface area contributed by atoms with Crippen LogP contribution in [0.15, 0.2) is 17.1 Å². The van der Waals surface area contributed by atoms with Crippen molar-refractivity contribution in [2.24, 2.45) is 10.9 Å². The lowest BCUT2D eigenvalue weighted by atomic mass is 10.1. The minimum absolute atomic E-state index is 0.536. The zero-order valence-electron chi connectivity index (χ0n) is 12.4. The summed E-state index contributed by atoms with van der Waals surface area (Å²) in [7, 11) is 0. The van der Waals surface area contributed by atoms with Gasteiger partial charge in [-0.3, -0.25) is 4.99 Å². The van der Waals surface area contributed by atoms with Crippen LogP contribution in [0.3, 0.4) is 0 Å². The van der Waals surface area contributed by atoms with Gasteiger partial charge < -0.3 is 15.5 Å². The quantitative estimate of drug-likeness (QED) is 0.450. The first kappa shape index (κ1) is 14.4. The number of hydrogen-bond acceptors (Lipinski definition) is 2. The van der Waals surface area contributed by atoms with Crippen LogP contribution >= 0.6 is 0 Å². The van der Waals surface area contributed by atoms with Crippen molar-refractivity contribution in [2.45, 2.75) is 39.2 Å². The van der Waals surface area contributed by atoms with Crippen LogP contribution in [0.1, 0.15) is 33.1 Å². The molecule has 4 nitrogen and oxygen atoms in total. The molecule has 2 N–H and O–H groups in total. The topological polar surface area (TPSA) is 39.7 Å². The van der Waals surface area contributed by atoms with Crippen LogP contribution in [0.25, 0.3) is 0 Å². The highest BCUT2D eigenvalue weighted by Gasteiger charge is 2.21. The van der Waals surface area contributed by atoms with Crippen LogP contribution in [0.5, 0.6) is 0 Å². The van der Waals surface area contributed by atoms with E-state index < -0.39 is 0 Å². The van der Waals surface area contributed by atoms with Gasteiger partial charge in [0.1, 0.15) is 0 Å². The summed E-state index contributed by atoms with van der Waals surface area (Å²) in [5, 5.41) is 6.88. The fraction of sp³-hybridized carbons (Fsp3) is 0.800. The van der Waals surface area contributed by atoms with Crippen molar-refractivity contribution in [3.8, 4) is 0 Å². The highest BCUT2D eigenvalue weighted by molar-refractivity contribution is 5.80. The molecule has 1 saturated heterocycles. The molecule has 0 saturated carbocycles. The molecule has 1 unspecified atom stereocenters. The third kappa shape index (κ3) is 4.53. The molecule has 0 radical (unpaired) electrons. The Labute approximate surface area is 117 Å². The highest BCUT2D eigenvalue weighted by Crippen LogP contribution is 2.15. The van der Waals surface area contributed by atoms with Crippen LogP contribution in [0.4, 0.5) is 0 Å². The van der Waals surface area contributed by atoms with Crippen molar-refractivity contribution in [2.75, 3.05) is 32.7 Å². The summed E-state index contributed by atoms with van der Waals surface area (Å²) in [5.41, 5.74) is 0. The Morgan fingerprint density at radius 2 is 2.11 bits per heavy atom. The fourth-order valence-electron chi connectivity index (χ4n) is 2.82. The van der Waals surface area contributed by atoms with Gasteiger partial charge in [-0.05, 0) is 45.2 Å². The van der Waals surface area contributed by atoms with Gasteiger partial charge in [-0.15, -0.1) is 0 Å². The van der Waals surface area contributed by atoms with Crippen molar-refractivity contribution in [1.82, 2.24) is 15.5 Å². The smallest absolute Gasteiger partial charge is 0.191 e. The first-order chi connectivity index (χ1) is 9.31. The molecule has 1 fully saturated rings. The molecule has 0 spiro atoms. The minimum atomic E-state index is 0.536. The van der Waals surface area contributed by atoms with Crippen molar-refractivity contribution in [3.63, 3.8) is 0 Å². The second-order valence-corrected chi connectivity index (χ2v) is 5.55. The molecule has 4 heteroatoms. The Hall–Kier alpha value is -1.03. The predicted molar refractivity (Wildman–Crippen MR) is 81.5 cm³/mol. The monoisotopic (exact) mass is 264 g/mol. The van der Waals surface area contributed by atoms with Gasteiger partial charge in [0.2, 0.25) is 0 Å². The number of likely N-dealkylation sites (tertiary alicyclic amines) is 1. The summed E-state index contributed by atoms with van der Waals surface area (Å²) in [6.45, 7) is 9.87. The Bertz CT molecular complexity index is 316. The SMILES string of the molecule is CCNC(=NCC1CCN(CC)C1)NC1CC=CC1. The summed E-state index contributed by atoms with van der Waals surface area (Å²) >= 11 is 0. The van der Waals surface area contributed by atoms with Crippen molar-refractivity contribution in [3.05, 3.63) is 12.2 Å². The molecule has 0 bridgehead atoms. The van der Waals surface area contributed by atoms with Gasteiger partial charge in [0, 0.05) is 25.7 Å². The van der Waals surface area contributed by atoms with E-state index >= 15 is 0 Å². The van der Waals surface area contributed by atoms with Gasteiger partial charge in [0.15, 0.2) is 5.96 Å². The van der Waals surface area contributed by atoms with E-state index in [-0.39, 0.29) is 0 Å². The molecule has 1 aliphatic heterocycles. The number of nitrogens with one attached hydrogen (secondary N) is 2. The standard InChI is InChI=1S/C15H28N4/c1-3-16-15(18-14-7-5-6-8-14)17-11-13-9-10-19(4-2)12-13/h5-6,13-14H,3-4,7-12H2,1-2H3,(H2,16,17,18). The lowest BCUT2D eigenvalue weighted by Crippen LogP contribution is -2.42. The molecule has 1 aliphatic carbocycles. The Balaban J connectivity index is 1.78. The Kier molecular flexibility index (Phi) is 5.70. The van der Waals surface area contributed by atoms with Crippen molar-refractivity contribution < 1.29 is 0 Å². The highest BCUT2D eigenvalue weighted by atomic mass is 15.2. The zero-order chi connectivity index (χ0) is 13.5. The lowest BCUT2D eigenvalue weighted by molar-refractivity contribution is 0.343. The molecule has 1 atom stereocenters. The zero-order valence-corrected chi connectivity index (χ0v) is 12.4. The van der Waals surface area contributed by atoms with Crippen molar-refractivity contribution in [1.29, 1.82) is 0 Å². The second kappa shape index (κ2) is 7.53. The third-order valence-corrected chi connectivity index (χ3v) is 4.02. The molecular formula is C15H28N4. The van der Waals surface area contributed by atoms with E-state index in [4.69, 9.17) is 4.99 Å². The molecule has 0 amide bonds. The number of hydrogen-bond donors (Lipinski definition) is 2. The van der Waals surface area contributed by atoms with Crippen molar-refractivity contribution >= 4 is 5.96 Å². The van der Waals surface area contributed by atoms with Gasteiger partial charge in [0.05, 0.1) is 0 Å². The summed E-state index contributed by atoms with van der Waals surface area (Å²) in [6, 6.07) is 0.536. The Morgan fingerprint density at radius 1 is 1.32 bits per heavy atom. The average molecular weight is 264 g/mol. The minimum Gasteiger partial charge on any atom is -0.357 e. The van der Waals surface area contributed by atoms with E-state index in [2.05, 4.69) is 41.5 Å². The molecule has 0 aromatic heterocycles. The first-order valence-electron chi connectivity index (χ1n) is 7.74. The van der Waals surface area contributed by atoms with Crippen LogP contribution in [0.2, 0.25) is 0 Å². The van der Waals surface area contributed by atoms with Crippen LogP contribution in [-0.2, 0) is 0 Å². The summed E-state index contributed by atoms with van der Waals surface area (Å²) < 4.78 is 0. The van der Waals surface area contributed by atoms with Gasteiger partial charge in [0.25, 0.3) is 0 Å². The third-order valence-electron chi connectivity index (χ3n) is 4.02.